The van der Waals surface area contributed by atoms with Crippen molar-refractivity contribution in [1.29, 1.82) is 0 Å². The predicted octanol–water partition coefficient (Wildman–Crippen LogP) is 6.96. The van der Waals surface area contributed by atoms with E-state index in [9.17, 15) is 9.18 Å². The van der Waals surface area contributed by atoms with Crippen molar-refractivity contribution in [2.75, 3.05) is 19.6 Å². The van der Waals surface area contributed by atoms with Gasteiger partial charge in [0.2, 0.25) is 0 Å². The molecule has 0 radical (unpaired) electrons. The van der Waals surface area contributed by atoms with E-state index in [0.29, 0.717) is 50.0 Å². The molecule has 7 heteroatoms. The Morgan fingerprint density at radius 3 is 2.39 bits per heavy atom. The fraction of sp³-hybridized carbons (Fsp3) is 0.452. The summed E-state index contributed by atoms with van der Waals surface area (Å²) in [6.07, 6.45) is 2.06. The molecule has 2 fully saturated rings. The quantitative estimate of drug-likeness (QED) is 0.315. The zero-order valence-electron chi connectivity index (χ0n) is 22.3. The van der Waals surface area contributed by atoms with Crippen LogP contribution in [0.2, 0.25) is 0 Å². The van der Waals surface area contributed by atoms with Crippen LogP contribution >= 0.6 is 11.3 Å². The number of hydrogen-bond donors (Lipinski definition) is 1. The number of carbonyl (C=O) groups is 1. The van der Waals surface area contributed by atoms with Gasteiger partial charge in [-0.15, -0.1) is 11.3 Å². The van der Waals surface area contributed by atoms with Gasteiger partial charge >= 0.3 is 5.97 Å². The van der Waals surface area contributed by atoms with E-state index in [1.165, 1.54) is 17.0 Å². The minimum Gasteiger partial charge on any atom is -0.456 e. The number of nitrogens with one attached hydrogen (secondary N) is 1. The van der Waals surface area contributed by atoms with Crippen molar-refractivity contribution in [1.82, 2.24) is 10.2 Å². The van der Waals surface area contributed by atoms with Crippen LogP contribution in [-0.2, 0) is 11.3 Å². The van der Waals surface area contributed by atoms with Crippen molar-refractivity contribution in [3.05, 3.63) is 82.5 Å². The van der Waals surface area contributed by atoms with Gasteiger partial charge in [-0.2, -0.15) is 0 Å². The molecule has 2 aliphatic rings. The highest BCUT2D eigenvalue weighted by molar-refractivity contribution is 7.15. The molecule has 202 valence electrons. The molecule has 0 spiro atoms. The molecule has 1 saturated heterocycles. The lowest BCUT2D eigenvalue weighted by Gasteiger charge is -2.36. The molecular weight excluding hydrogens is 502 g/mol. The molecule has 2 atom stereocenters. The van der Waals surface area contributed by atoms with Crippen LogP contribution in [0.25, 0.3) is 10.4 Å². The summed E-state index contributed by atoms with van der Waals surface area (Å²) in [6, 6.07) is 18.7. The fourth-order valence-corrected chi connectivity index (χ4v) is 6.19. The number of piperidine rings is 1. The number of likely N-dealkylation sites (tertiary alicyclic amines) is 1. The number of carbonyl (C=O) groups excluding carboxylic acids is 1. The van der Waals surface area contributed by atoms with Gasteiger partial charge in [-0.3, -0.25) is 4.90 Å². The Balaban J connectivity index is 1.05. The molecule has 2 unspecified atom stereocenters. The largest absolute Gasteiger partial charge is 0.456 e. The highest BCUT2D eigenvalue weighted by Crippen LogP contribution is 2.46. The average molecular weight is 539 g/mol. The maximum absolute atomic E-state index is 15.6. The molecule has 1 aromatic heterocycles. The summed E-state index contributed by atoms with van der Waals surface area (Å²) < 4.78 is 34.2. The predicted molar refractivity (Wildman–Crippen MR) is 149 cm³/mol. The van der Waals surface area contributed by atoms with Gasteiger partial charge in [-0.25, -0.2) is 13.6 Å². The van der Waals surface area contributed by atoms with Gasteiger partial charge in [0.05, 0.1) is 5.56 Å². The molecule has 0 amide bonds. The number of ether oxygens (including phenoxy) is 1. The van der Waals surface area contributed by atoms with E-state index in [-0.39, 0.29) is 11.8 Å². The highest BCUT2D eigenvalue weighted by atomic mass is 32.1. The molecule has 1 saturated carbocycles. The van der Waals surface area contributed by atoms with Gasteiger partial charge < -0.3 is 10.1 Å². The number of thiophene rings is 1. The van der Waals surface area contributed by atoms with Crippen LogP contribution in [0.1, 0.15) is 66.8 Å². The lowest BCUT2D eigenvalue weighted by Crippen LogP contribution is -2.47. The van der Waals surface area contributed by atoms with Crippen LogP contribution < -0.4 is 5.32 Å². The van der Waals surface area contributed by atoms with Gasteiger partial charge in [0, 0.05) is 47.9 Å². The third-order valence-electron chi connectivity index (χ3n) is 7.34. The number of alkyl halides is 1. The van der Waals surface area contributed by atoms with E-state index in [0.717, 1.165) is 29.0 Å². The van der Waals surface area contributed by atoms with Crippen molar-refractivity contribution in [3.8, 4) is 10.4 Å². The number of esters is 1. The Kier molecular flexibility index (Phi) is 7.72. The van der Waals surface area contributed by atoms with E-state index in [1.807, 2.05) is 45.0 Å². The SMILES string of the molecule is CC(C)(C)OC(=O)c1ccc(CN2CCC(F)(CNC3CC3c3ccc(-c4ccc(F)cc4)s3)CC2)cc1. The first-order valence-electron chi connectivity index (χ1n) is 13.4. The van der Waals surface area contributed by atoms with Crippen LogP contribution in [-0.4, -0.2) is 47.8 Å². The van der Waals surface area contributed by atoms with Crippen LogP contribution in [0.5, 0.6) is 0 Å². The van der Waals surface area contributed by atoms with Crippen molar-refractivity contribution >= 4 is 17.3 Å². The number of rotatable bonds is 8. The molecule has 2 aromatic carbocycles. The molecule has 1 N–H and O–H groups in total. The molecule has 1 aliphatic carbocycles. The van der Waals surface area contributed by atoms with E-state index >= 15 is 4.39 Å². The second-order valence-electron chi connectivity index (χ2n) is 11.7. The standard InChI is InChI=1S/C31H36F2N2O2S/c1-30(2,3)37-29(36)23-6-4-21(5-7-23)19-35-16-14-31(33,15-17-35)20-34-26-18-25(26)28-13-12-27(38-28)22-8-10-24(32)11-9-22/h4-13,25-26,34H,14-20H2,1-3H3. The Morgan fingerprint density at radius 1 is 1.05 bits per heavy atom. The van der Waals surface area contributed by atoms with Gasteiger partial charge in [-0.1, -0.05) is 24.3 Å². The first-order chi connectivity index (χ1) is 18.1. The molecule has 0 bridgehead atoms. The summed E-state index contributed by atoms with van der Waals surface area (Å²) in [5.41, 5.74) is 0.985. The normalized spacial score (nSPS) is 21.3. The van der Waals surface area contributed by atoms with Crippen LogP contribution in [0.3, 0.4) is 0 Å². The zero-order valence-corrected chi connectivity index (χ0v) is 23.1. The molecular formula is C31H36F2N2O2S. The maximum atomic E-state index is 15.6. The third-order valence-corrected chi connectivity index (χ3v) is 8.61. The Hall–Kier alpha value is -2.61. The maximum Gasteiger partial charge on any atom is 0.338 e. The van der Waals surface area contributed by atoms with E-state index in [2.05, 4.69) is 22.3 Å². The molecule has 38 heavy (non-hydrogen) atoms. The number of hydrogen-bond acceptors (Lipinski definition) is 5. The number of benzene rings is 2. The Bertz CT molecular complexity index is 1240. The van der Waals surface area contributed by atoms with Gasteiger partial charge in [0.15, 0.2) is 0 Å². The first kappa shape index (κ1) is 27.0. The van der Waals surface area contributed by atoms with E-state index in [1.54, 1.807) is 23.5 Å². The summed E-state index contributed by atoms with van der Waals surface area (Å²) in [6.45, 7) is 8.14. The topological polar surface area (TPSA) is 41.6 Å². The molecule has 4 nitrogen and oxygen atoms in total. The minimum absolute atomic E-state index is 0.225. The van der Waals surface area contributed by atoms with Crippen molar-refractivity contribution in [2.45, 2.75) is 69.8 Å². The number of nitrogens with zero attached hydrogens (tertiary/aromatic N) is 1. The van der Waals surface area contributed by atoms with Gasteiger partial charge in [0.1, 0.15) is 17.1 Å². The average Bonchev–Trinajstić information content (AvgIpc) is 3.49. The molecule has 5 rings (SSSR count). The van der Waals surface area contributed by atoms with Gasteiger partial charge in [0.25, 0.3) is 0 Å². The summed E-state index contributed by atoms with van der Waals surface area (Å²) in [7, 11) is 0. The van der Waals surface area contributed by atoms with Gasteiger partial charge in [-0.05, 0) is 87.6 Å². The summed E-state index contributed by atoms with van der Waals surface area (Å²) in [5, 5.41) is 3.49. The molecule has 2 heterocycles. The monoisotopic (exact) mass is 538 g/mol. The fourth-order valence-electron chi connectivity index (χ4n) is 5.00. The second kappa shape index (κ2) is 10.9. The summed E-state index contributed by atoms with van der Waals surface area (Å²) in [5.74, 6) is -0.111. The minimum atomic E-state index is -1.18. The van der Waals surface area contributed by atoms with Crippen LogP contribution in [0.4, 0.5) is 8.78 Å². The number of halogens is 2. The van der Waals surface area contributed by atoms with Crippen LogP contribution in [0, 0.1) is 5.82 Å². The smallest absolute Gasteiger partial charge is 0.338 e. The Labute approximate surface area is 228 Å². The summed E-state index contributed by atoms with van der Waals surface area (Å²) in [4.78, 5) is 17.0. The lowest BCUT2D eigenvalue weighted by molar-refractivity contribution is 0.00693. The first-order valence-corrected chi connectivity index (χ1v) is 14.2. The van der Waals surface area contributed by atoms with E-state index < -0.39 is 11.3 Å². The second-order valence-corrected chi connectivity index (χ2v) is 12.8. The summed E-state index contributed by atoms with van der Waals surface area (Å²) >= 11 is 1.74. The van der Waals surface area contributed by atoms with Crippen molar-refractivity contribution in [3.63, 3.8) is 0 Å². The molecule has 3 aromatic rings. The van der Waals surface area contributed by atoms with Crippen LogP contribution in [0.15, 0.2) is 60.7 Å². The zero-order chi connectivity index (χ0) is 26.9. The lowest BCUT2D eigenvalue weighted by atomic mass is 9.93. The van der Waals surface area contributed by atoms with Crippen molar-refractivity contribution < 1.29 is 18.3 Å². The van der Waals surface area contributed by atoms with E-state index in [4.69, 9.17) is 4.74 Å². The Morgan fingerprint density at radius 2 is 1.74 bits per heavy atom. The van der Waals surface area contributed by atoms with Crippen molar-refractivity contribution in [2.24, 2.45) is 0 Å². The third kappa shape index (κ3) is 6.87. The molecule has 1 aliphatic heterocycles. The highest BCUT2D eigenvalue weighted by Gasteiger charge is 2.42.